The number of H-pyrrole nitrogens is 2. The number of aliphatic carboxylic acids is 1. The molecule has 3 aromatic rings. The Morgan fingerprint density at radius 2 is 1.38 bits per heavy atom. The molecule has 0 saturated carbocycles. The highest BCUT2D eigenvalue weighted by atomic mass is 16.4. The third-order valence-electron chi connectivity index (χ3n) is 6.64. The lowest BCUT2D eigenvalue weighted by atomic mass is 9.98. The van der Waals surface area contributed by atoms with Gasteiger partial charge >= 0.3 is 5.97 Å². The fourth-order valence-corrected chi connectivity index (χ4v) is 4.10. The number of hydrogen-bond donors (Lipinski definition) is 7. The average molecular weight is 553 g/mol. The minimum Gasteiger partial charge on any atom is -0.480 e. The molecule has 0 spiro atoms. The molecular formula is C27H36N8O5. The summed E-state index contributed by atoms with van der Waals surface area (Å²) in [5.74, 6) is -3.39. The monoisotopic (exact) mass is 552 g/mol. The van der Waals surface area contributed by atoms with Crippen molar-refractivity contribution in [2.45, 2.75) is 63.7 Å². The molecule has 0 aliphatic heterocycles. The molecule has 2 heterocycles. The Morgan fingerprint density at radius 3 is 1.85 bits per heavy atom. The summed E-state index contributed by atoms with van der Waals surface area (Å²) in [7, 11) is 0. The second-order valence-corrected chi connectivity index (χ2v) is 9.69. The lowest BCUT2D eigenvalue weighted by Crippen LogP contribution is -2.58. The van der Waals surface area contributed by atoms with Crippen LogP contribution in [0.4, 0.5) is 0 Å². The van der Waals surface area contributed by atoms with Crippen LogP contribution < -0.4 is 21.7 Å². The topological polar surface area (TPSA) is 208 Å². The van der Waals surface area contributed by atoms with E-state index < -0.39 is 47.9 Å². The molecule has 8 N–H and O–H groups in total. The van der Waals surface area contributed by atoms with Gasteiger partial charge in [-0.05, 0) is 17.9 Å². The zero-order valence-corrected chi connectivity index (χ0v) is 22.5. The number of aromatic amines is 2. The van der Waals surface area contributed by atoms with Crippen LogP contribution in [0.2, 0.25) is 0 Å². The van der Waals surface area contributed by atoms with Gasteiger partial charge < -0.3 is 36.8 Å². The summed E-state index contributed by atoms with van der Waals surface area (Å²) < 4.78 is 0. The Kier molecular flexibility index (Phi) is 10.9. The molecule has 40 heavy (non-hydrogen) atoms. The van der Waals surface area contributed by atoms with E-state index in [9.17, 15) is 24.3 Å². The van der Waals surface area contributed by atoms with E-state index in [2.05, 4.69) is 35.9 Å². The summed E-state index contributed by atoms with van der Waals surface area (Å²) in [5, 5.41) is 17.6. The van der Waals surface area contributed by atoms with Crippen molar-refractivity contribution >= 4 is 23.7 Å². The minimum absolute atomic E-state index is 0.0165. The van der Waals surface area contributed by atoms with Crippen molar-refractivity contribution in [1.29, 1.82) is 0 Å². The number of hydrogen-bond acceptors (Lipinski definition) is 7. The molecule has 5 unspecified atom stereocenters. The Bertz CT molecular complexity index is 1230. The number of rotatable bonds is 15. The van der Waals surface area contributed by atoms with Crippen LogP contribution in [0, 0.1) is 5.92 Å². The standard InChI is InChI=1S/C27H36N8O5/c1-3-16(2)23(27(39)40)35-26(38)22(11-19-13-30-15-32-19)34-25(37)21(10-18-12-29-14-31-18)33-24(36)20(28)9-17-7-5-4-6-8-17/h4-8,12-16,20-23H,3,9-11,28H2,1-2H3,(H,29,31)(H,30,32)(H,33,36)(H,34,37)(H,35,38)(H,39,40). The number of carbonyl (C=O) groups excluding carboxylic acids is 3. The number of nitrogens with two attached hydrogens (primary N) is 1. The first-order valence-corrected chi connectivity index (χ1v) is 13.1. The smallest absolute Gasteiger partial charge is 0.326 e. The largest absolute Gasteiger partial charge is 0.480 e. The number of nitrogens with zero attached hydrogens (tertiary/aromatic N) is 2. The molecule has 1 aromatic carbocycles. The van der Waals surface area contributed by atoms with Crippen molar-refractivity contribution < 1.29 is 24.3 Å². The van der Waals surface area contributed by atoms with Crippen LogP contribution in [0.3, 0.4) is 0 Å². The van der Waals surface area contributed by atoms with Gasteiger partial charge in [0.1, 0.15) is 18.1 Å². The van der Waals surface area contributed by atoms with Crippen molar-refractivity contribution in [2.24, 2.45) is 11.7 Å². The number of carboxylic acids is 1. The van der Waals surface area contributed by atoms with Crippen molar-refractivity contribution in [2.75, 3.05) is 0 Å². The summed E-state index contributed by atoms with van der Waals surface area (Å²) in [6.45, 7) is 3.54. The number of benzene rings is 1. The van der Waals surface area contributed by atoms with Crippen LogP contribution >= 0.6 is 0 Å². The fourth-order valence-electron chi connectivity index (χ4n) is 4.10. The summed E-state index contributed by atoms with van der Waals surface area (Å²) in [6, 6.07) is 4.93. The molecule has 0 aliphatic carbocycles. The summed E-state index contributed by atoms with van der Waals surface area (Å²) in [4.78, 5) is 65.3. The quantitative estimate of drug-likeness (QED) is 0.137. The van der Waals surface area contributed by atoms with Crippen molar-refractivity contribution in [3.63, 3.8) is 0 Å². The Morgan fingerprint density at radius 1 is 0.850 bits per heavy atom. The number of imidazole rings is 2. The van der Waals surface area contributed by atoms with Crippen molar-refractivity contribution in [1.82, 2.24) is 35.9 Å². The molecule has 0 aliphatic rings. The first-order chi connectivity index (χ1) is 19.2. The second kappa shape index (κ2) is 14.6. The number of carboxylic acid groups (broad SMARTS) is 1. The van der Waals surface area contributed by atoms with Crippen molar-refractivity contribution in [3.8, 4) is 0 Å². The average Bonchev–Trinajstić information content (AvgIpc) is 3.65. The third-order valence-corrected chi connectivity index (χ3v) is 6.64. The lowest BCUT2D eigenvalue weighted by Gasteiger charge is -2.26. The van der Waals surface area contributed by atoms with Gasteiger partial charge in [-0.25, -0.2) is 14.8 Å². The highest BCUT2D eigenvalue weighted by Gasteiger charge is 2.32. The van der Waals surface area contributed by atoms with E-state index in [1.165, 1.54) is 25.0 Å². The molecule has 13 nitrogen and oxygen atoms in total. The third kappa shape index (κ3) is 8.76. The molecule has 3 rings (SSSR count). The summed E-state index contributed by atoms with van der Waals surface area (Å²) >= 11 is 0. The summed E-state index contributed by atoms with van der Waals surface area (Å²) in [6.07, 6.45) is 6.76. The van der Waals surface area contributed by atoms with Gasteiger partial charge in [0.15, 0.2) is 0 Å². The maximum atomic E-state index is 13.5. The SMILES string of the molecule is CCC(C)C(NC(=O)C(Cc1cnc[nH]1)NC(=O)C(Cc1cnc[nH]1)NC(=O)C(N)Cc1ccccc1)C(=O)O. The van der Waals surface area contributed by atoms with E-state index in [4.69, 9.17) is 5.73 Å². The number of carbonyl (C=O) groups is 4. The van der Waals surface area contributed by atoms with Gasteiger partial charge in [-0.15, -0.1) is 0 Å². The van der Waals surface area contributed by atoms with Crippen LogP contribution in [-0.2, 0) is 38.4 Å². The van der Waals surface area contributed by atoms with E-state index in [0.29, 0.717) is 17.8 Å². The van der Waals surface area contributed by atoms with E-state index in [1.54, 1.807) is 6.92 Å². The fraction of sp³-hybridized carbons (Fsp3) is 0.407. The van der Waals surface area contributed by atoms with Crippen molar-refractivity contribution in [3.05, 3.63) is 72.3 Å². The lowest BCUT2D eigenvalue weighted by molar-refractivity contribution is -0.143. The van der Waals surface area contributed by atoms with Crippen LogP contribution in [0.15, 0.2) is 55.4 Å². The normalized spacial score (nSPS) is 14.8. The van der Waals surface area contributed by atoms with Gasteiger partial charge in [0.05, 0.1) is 18.7 Å². The Labute approximate surface area is 231 Å². The molecule has 214 valence electrons. The second-order valence-electron chi connectivity index (χ2n) is 9.69. The van der Waals surface area contributed by atoms with E-state index in [-0.39, 0.29) is 25.2 Å². The molecule has 0 saturated heterocycles. The van der Waals surface area contributed by atoms with Gasteiger partial charge in [0.2, 0.25) is 17.7 Å². The first-order valence-electron chi connectivity index (χ1n) is 13.1. The van der Waals surface area contributed by atoms with Crippen LogP contribution in [0.5, 0.6) is 0 Å². The first kappa shape index (κ1) is 30.0. The minimum atomic E-state index is -1.17. The van der Waals surface area contributed by atoms with E-state index in [0.717, 1.165) is 5.56 Å². The number of nitrogens with one attached hydrogen (secondary N) is 5. The summed E-state index contributed by atoms with van der Waals surface area (Å²) in [5.41, 5.74) is 8.14. The maximum Gasteiger partial charge on any atom is 0.326 e. The maximum absolute atomic E-state index is 13.5. The molecule has 0 bridgehead atoms. The highest BCUT2D eigenvalue weighted by Crippen LogP contribution is 2.10. The molecule has 0 fully saturated rings. The Hall–Kier alpha value is -4.52. The molecule has 5 atom stereocenters. The van der Waals surface area contributed by atoms with Gasteiger partial charge in [-0.1, -0.05) is 50.6 Å². The van der Waals surface area contributed by atoms with Crippen LogP contribution in [0.25, 0.3) is 0 Å². The van der Waals surface area contributed by atoms with Crippen LogP contribution in [0.1, 0.15) is 37.2 Å². The van der Waals surface area contributed by atoms with Gasteiger partial charge in [-0.2, -0.15) is 0 Å². The van der Waals surface area contributed by atoms with Gasteiger partial charge in [0.25, 0.3) is 0 Å². The molecule has 2 aromatic heterocycles. The Balaban J connectivity index is 1.78. The molecular weight excluding hydrogens is 516 g/mol. The molecule has 0 radical (unpaired) electrons. The number of aromatic nitrogens is 4. The predicted molar refractivity (Wildman–Crippen MR) is 146 cm³/mol. The number of amides is 3. The van der Waals surface area contributed by atoms with E-state index in [1.807, 2.05) is 37.3 Å². The zero-order chi connectivity index (χ0) is 29.1. The van der Waals surface area contributed by atoms with E-state index >= 15 is 0 Å². The highest BCUT2D eigenvalue weighted by molar-refractivity contribution is 5.94. The molecule has 3 amide bonds. The molecule has 13 heteroatoms. The predicted octanol–water partition coefficient (Wildman–Crippen LogP) is 0.0731. The van der Waals surface area contributed by atoms with Gasteiger partial charge in [-0.3, -0.25) is 14.4 Å². The zero-order valence-electron chi connectivity index (χ0n) is 22.5. The van der Waals surface area contributed by atoms with Crippen LogP contribution in [-0.4, -0.2) is 72.9 Å². The van der Waals surface area contributed by atoms with Gasteiger partial charge in [0, 0.05) is 36.6 Å².